The molecule has 144 valence electrons. The molecule has 0 fully saturated rings. The van der Waals surface area contributed by atoms with Crippen molar-refractivity contribution in [2.75, 3.05) is 13.1 Å². The van der Waals surface area contributed by atoms with E-state index < -0.39 is 0 Å². The van der Waals surface area contributed by atoms with Gasteiger partial charge in [0.15, 0.2) is 0 Å². The predicted molar refractivity (Wildman–Crippen MR) is 99.7 cm³/mol. The first-order valence-electron chi connectivity index (χ1n) is 9.39. The summed E-state index contributed by atoms with van der Waals surface area (Å²) in [6.45, 7) is 1.76. The molecule has 0 bridgehead atoms. The van der Waals surface area contributed by atoms with Crippen molar-refractivity contribution < 1.29 is 14.0 Å². The van der Waals surface area contributed by atoms with Gasteiger partial charge in [-0.1, -0.05) is 6.42 Å². The van der Waals surface area contributed by atoms with Crippen molar-refractivity contribution in [1.29, 1.82) is 0 Å². The molecule has 2 aromatic rings. The van der Waals surface area contributed by atoms with Crippen LogP contribution in [0.15, 0.2) is 28.9 Å². The molecule has 1 aliphatic heterocycles. The highest BCUT2D eigenvalue weighted by molar-refractivity contribution is 5.91. The largest absolute Gasteiger partial charge is 0.465 e. The van der Waals surface area contributed by atoms with Gasteiger partial charge in [-0.25, -0.2) is 0 Å². The van der Waals surface area contributed by atoms with E-state index in [0.717, 1.165) is 37.5 Å². The van der Waals surface area contributed by atoms with E-state index in [1.165, 1.54) is 12.5 Å². The van der Waals surface area contributed by atoms with Crippen LogP contribution in [0.2, 0.25) is 0 Å². The maximum Gasteiger partial charge on any atom is 0.244 e. The first-order valence-corrected chi connectivity index (χ1v) is 9.39. The highest BCUT2D eigenvalue weighted by atomic mass is 16.3. The lowest BCUT2D eigenvalue weighted by atomic mass is 10.2. The number of nitrogens with one attached hydrogen (secondary N) is 2. The van der Waals surface area contributed by atoms with Crippen LogP contribution >= 0.6 is 0 Å². The molecular weight excluding hydrogens is 346 g/mol. The smallest absolute Gasteiger partial charge is 0.244 e. The van der Waals surface area contributed by atoms with Crippen molar-refractivity contribution >= 4 is 17.9 Å². The minimum atomic E-state index is -0.259. The highest BCUT2D eigenvalue weighted by Crippen LogP contribution is 2.14. The van der Waals surface area contributed by atoms with Gasteiger partial charge >= 0.3 is 0 Å². The average Bonchev–Trinajstić information content (AvgIpc) is 3.25. The minimum Gasteiger partial charge on any atom is -0.465 e. The van der Waals surface area contributed by atoms with Gasteiger partial charge in [0.1, 0.15) is 17.4 Å². The molecule has 3 heterocycles. The van der Waals surface area contributed by atoms with E-state index >= 15 is 0 Å². The number of hydrogen-bond acceptors (Lipinski definition) is 5. The highest BCUT2D eigenvalue weighted by Gasteiger charge is 2.14. The summed E-state index contributed by atoms with van der Waals surface area (Å²) in [7, 11) is 0. The number of amides is 2. The molecule has 1 aliphatic rings. The Hall–Kier alpha value is -2.90. The fraction of sp³-hybridized carbons (Fsp3) is 0.474. The third-order valence-electron chi connectivity index (χ3n) is 4.45. The molecule has 3 rings (SSSR count). The maximum atomic E-state index is 11.9. The van der Waals surface area contributed by atoms with Crippen LogP contribution in [0.4, 0.5) is 0 Å². The molecule has 0 aromatic carbocycles. The zero-order valence-electron chi connectivity index (χ0n) is 15.3. The summed E-state index contributed by atoms with van der Waals surface area (Å²) < 4.78 is 7.29. The van der Waals surface area contributed by atoms with Crippen molar-refractivity contribution in [2.45, 2.75) is 45.1 Å². The Labute approximate surface area is 158 Å². The Balaban J connectivity index is 1.32. The van der Waals surface area contributed by atoms with E-state index in [4.69, 9.17) is 4.42 Å². The summed E-state index contributed by atoms with van der Waals surface area (Å²) in [4.78, 5) is 23.6. The van der Waals surface area contributed by atoms with Gasteiger partial charge in [-0.15, -0.1) is 10.2 Å². The molecule has 0 radical (unpaired) electrons. The van der Waals surface area contributed by atoms with E-state index in [-0.39, 0.29) is 24.8 Å². The van der Waals surface area contributed by atoms with Gasteiger partial charge in [0, 0.05) is 45.0 Å². The number of aromatic nitrogens is 3. The number of hydrogen-bond donors (Lipinski definition) is 2. The fourth-order valence-corrected chi connectivity index (χ4v) is 3.03. The number of carbonyl (C=O) groups excluding carboxylic acids is 2. The van der Waals surface area contributed by atoms with Gasteiger partial charge in [-0.3, -0.25) is 9.59 Å². The zero-order valence-corrected chi connectivity index (χ0v) is 15.3. The van der Waals surface area contributed by atoms with Gasteiger partial charge in [-0.2, -0.15) is 0 Å². The quantitative estimate of drug-likeness (QED) is 0.684. The van der Waals surface area contributed by atoms with Gasteiger partial charge in [0.05, 0.1) is 6.26 Å². The third-order valence-corrected chi connectivity index (χ3v) is 4.45. The molecule has 0 aliphatic carbocycles. The van der Waals surface area contributed by atoms with Crippen LogP contribution in [0.3, 0.4) is 0 Å². The maximum absolute atomic E-state index is 11.9. The summed E-state index contributed by atoms with van der Waals surface area (Å²) in [5.41, 5.74) is 0. The first-order chi connectivity index (χ1) is 13.2. The molecule has 2 N–H and O–H groups in total. The summed E-state index contributed by atoms with van der Waals surface area (Å²) in [5, 5.41) is 14.1. The van der Waals surface area contributed by atoms with Crippen molar-refractivity contribution in [1.82, 2.24) is 25.4 Å². The standard InChI is InChI=1S/C19H25N5O3/c25-18(8-7-15-5-4-14-27-15)21-12-10-19(26)20-11-9-17-23-22-16-6-2-1-3-13-24(16)17/h4-5,7-8,14H,1-3,6,9-13H2,(H,20,26)(H,21,25)/b8-7+. The Morgan fingerprint density at radius 1 is 1.19 bits per heavy atom. The minimum absolute atomic E-state index is 0.0964. The van der Waals surface area contributed by atoms with Gasteiger partial charge in [-0.05, 0) is 31.1 Å². The molecule has 0 unspecified atom stereocenters. The topological polar surface area (TPSA) is 102 Å². The van der Waals surface area contributed by atoms with Crippen LogP contribution in [-0.2, 0) is 29.0 Å². The van der Waals surface area contributed by atoms with Crippen LogP contribution in [0, 0.1) is 0 Å². The summed E-state index contributed by atoms with van der Waals surface area (Å²) in [5.74, 6) is 2.24. The van der Waals surface area contributed by atoms with Gasteiger partial charge in [0.25, 0.3) is 0 Å². The molecule has 27 heavy (non-hydrogen) atoms. The van der Waals surface area contributed by atoms with Crippen LogP contribution in [0.1, 0.15) is 43.1 Å². The van der Waals surface area contributed by atoms with E-state index in [2.05, 4.69) is 25.4 Å². The number of furan rings is 1. The first kappa shape index (κ1) is 18.9. The summed E-state index contributed by atoms with van der Waals surface area (Å²) in [6.07, 6.45) is 9.92. The Bertz CT molecular complexity index is 779. The molecular formula is C19H25N5O3. The number of rotatable bonds is 8. The second-order valence-electron chi connectivity index (χ2n) is 6.48. The summed E-state index contributed by atoms with van der Waals surface area (Å²) in [6, 6.07) is 3.50. The van der Waals surface area contributed by atoms with Gasteiger partial charge < -0.3 is 19.6 Å². The average molecular weight is 371 g/mol. The molecule has 0 spiro atoms. The molecule has 2 amide bonds. The molecule has 0 saturated heterocycles. The number of aryl methyl sites for hydroxylation is 1. The lowest BCUT2D eigenvalue weighted by Gasteiger charge is -2.08. The van der Waals surface area contributed by atoms with E-state index in [1.807, 2.05) is 0 Å². The molecule has 2 aromatic heterocycles. The van der Waals surface area contributed by atoms with Gasteiger partial charge in [0.2, 0.25) is 11.8 Å². The third kappa shape index (κ3) is 5.80. The number of carbonyl (C=O) groups is 2. The summed E-state index contributed by atoms with van der Waals surface area (Å²) >= 11 is 0. The SMILES string of the molecule is O=C(/C=C/c1ccco1)NCCC(=O)NCCc1nnc2n1CCCCC2. The molecule has 0 saturated carbocycles. The number of fused-ring (bicyclic) bond motifs is 1. The fourth-order valence-electron chi connectivity index (χ4n) is 3.03. The Morgan fingerprint density at radius 3 is 2.96 bits per heavy atom. The second-order valence-corrected chi connectivity index (χ2v) is 6.48. The normalized spacial score (nSPS) is 13.9. The second kappa shape index (κ2) is 9.70. The van der Waals surface area contributed by atoms with Crippen LogP contribution in [0.5, 0.6) is 0 Å². The van der Waals surface area contributed by atoms with Crippen molar-refractivity contribution in [3.8, 4) is 0 Å². The lowest BCUT2D eigenvalue weighted by molar-refractivity contribution is -0.121. The van der Waals surface area contributed by atoms with Crippen LogP contribution in [-0.4, -0.2) is 39.7 Å². The van der Waals surface area contributed by atoms with Crippen LogP contribution in [0.25, 0.3) is 6.08 Å². The zero-order chi connectivity index (χ0) is 18.9. The molecule has 0 atom stereocenters. The number of nitrogens with zero attached hydrogens (tertiary/aromatic N) is 3. The molecule has 8 heteroatoms. The van der Waals surface area contributed by atoms with E-state index in [0.29, 0.717) is 18.7 Å². The van der Waals surface area contributed by atoms with Crippen molar-refractivity contribution in [2.24, 2.45) is 0 Å². The Kier molecular flexibility index (Phi) is 6.78. The van der Waals surface area contributed by atoms with Crippen molar-refractivity contribution in [3.05, 3.63) is 41.9 Å². The monoisotopic (exact) mass is 371 g/mol. The van der Waals surface area contributed by atoms with E-state index in [9.17, 15) is 9.59 Å². The predicted octanol–water partition coefficient (Wildman–Crippen LogP) is 1.48. The lowest BCUT2D eigenvalue weighted by Crippen LogP contribution is -2.31. The Morgan fingerprint density at radius 2 is 2.11 bits per heavy atom. The van der Waals surface area contributed by atoms with Crippen LogP contribution < -0.4 is 10.6 Å². The van der Waals surface area contributed by atoms with Crippen molar-refractivity contribution in [3.63, 3.8) is 0 Å². The molecule has 8 nitrogen and oxygen atoms in total. The van der Waals surface area contributed by atoms with E-state index in [1.54, 1.807) is 24.5 Å².